The van der Waals surface area contributed by atoms with Crippen molar-refractivity contribution in [1.82, 2.24) is 4.98 Å². The van der Waals surface area contributed by atoms with E-state index < -0.39 is 0 Å². The van der Waals surface area contributed by atoms with Crippen molar-refractivity contribution in [3.8, 4) is 0 Å². The van der Waals surface area contributed by atoms with Gasteiger partial charge in [0.25, 0.3) is 0 Å². The number of rotatable bonds is 0. The second-order valence-corrected chi connectivity index (χ2v) is 4.90. The topological polar surface area (TPSA) is 64.9 Å². The van der Waals surface area contributed by atoms with Crippen LogP contribution in [-0.4, -0.2) is 4.98 Å². The number of halogens is 2. The maximum atomic E-state index is 5.90. The maximum absolute atomic E-state index is 5.90. The summed E-state index contributed by atoms with van der Waals surface area (Å²) in [5.41, 5.74) is 13.6. The summed E-state index contributed by atoms with van der Waals surface area (Å²) in [6, 6.07) is 3.93. The van der Waals surface area contributed by atoms with Gasteiger partial charge in [-0.1, -0.05) is 0 Å². The van der Waals surface area contributed by atoms with Crippen LogP contribution in [0, 0.1) is 3.57 Å². The van der Waals surface area contributed by atoms with Crippen LogP contribution < -0.4 is 11.5 Å². The number of nitrogens with two attached hydrogens (primary N) is 2. The predicted octanol–water partition coefficient (Wildman–Crippen LogP) is 2.77. The summed E-state index contributed by atoms with van der Waals surface area (Å²) in [6.45, 7) is 0. The molecule has 1 heterocycles. The number of anilines is 2. The van der Waals surface area contributed by atoms with Crippen molar-refractivity contribution < 1.29 is 0 Å². The Labute approximate surface area is 103 Å². The van der Waals surface area contributed by atoms with Gasteiger partial charge in [-0.15, -0.1) is 0 Å². The second kappa shape index (κ2) is 3.54. The van der Waals surface area contributed by atoms with E-state index in [4.69, 9.17) is 11.5 Å². The van der Waals surface area contributed by atoms with Gasteiger partial charge >= 0.3 is 0 Å². The lowest BCUT2D eigenvalue weighted by molar-refractivity contribution is 1.40. The standard InChI is InChI=1S/C9H7BrIN3/c10-4-1-2-5(11)7-8(13)6(12)3-14-9(4)7/h1-3H,12H2,(H2,13,14). The zero-order valence-electron chi connectivity index (χ0n) is 7.09. The van der Waals surface area contributed by atoms with E-state index in [-0.39, 0.29) is 0 Å². The number of fused-ring (bicyclic) bond motifs is 1. The van der Waals surface area contributed by atoms with E-state index in [1.807, 2.05) is 12.1 Å². The molecule has 14 heavy (non-hydrogen) atoms. The van der Waals surface area contributed by atoms with Crippen molar-refractivity contribution >= 4 is 60.8 Å². The molecule has 2 rings (SSSR count). The first-order valence-corrected chi connectivity index (χ1v) is 5.76. The van der Waals surface area contributed by atoms with Crippen molar-refractivity contribution in [2.75, 3.05) is 11.5 Å². The van der Waals surface area contributed by atoms with E-state index in [1.54, 1.807) is 6.20 Å². The summed E-state index contributed by atoms with van der Waals surface area (Å²) >= 11 is 5.65. The Hall–Kier alpha value is -0.560. The largest absolute Gasteiger partial charge is 0.396 e. The van der Waals surface area contributed by atoms with Gasteiger partial charge in [0.1, 0.15) is 0 Å². The zero-order chi connectivity index (χ0) is 10.3. The van der Waals surface area contributed by atoms with Crippen LogP contribution in [0.4, 0.5) is 11.4 Å². The SMILES string of the molecule is Nc1cnc2c(Br)ccc(I)c2c1N. The minimum atomic E-state index is 0.522. The molecule has 0 spiro atoms. The van der Waals surface area contributed by atoms with Gasteiger partial charge in [0.05, 0.1) is 23.1 Å². The van der Waals surface area contributed by atoms with Crippen molar-refractivity contribution in [2.24, 2.45) is 0 Å². The third-order valence-corrected chi connectivity index (χ3v) is 3.53. The lowest BCUT2D eigenvalue weighted by Gasteiger charge is -2.07. The van der Waals surface area contributed by atoms with Gasteiger partial charge in [-0.25, -0.2) is 0 Å². The van der Waals surface area contributed by atoms with Crippen molar-refractivity contribution in [3.63, 3.8) is 0 Å². The number of nitrogens with zero attached hydrogens (tertiary/aromatic N) is 1. The Morgan fingerprint density at radius 2 is 2.00 bits per heavy atom. The molecule has 0 aliphatic carbocycles. The normalized spacial score (nSPS) is 10.7. The molecule has 72 valence electrons. The highest BCUT2D eigenvalue weighted by Gasteiger charge is 2.09. The number of hydrogen-bond acceptors (Lipinski definition) is 3. The summed E-state index contributed by atoms with van der Waals surface area (Å²) in [6.07, 6.45) is 1.58. The highest BCUT2D eigenvalue weighted by atomic mass is 127. The van der Waals surface area contributed by atoms with Gasteiger partial charge in [0, 0.05) is 13.4 Å². The Balaban J connectivity index is 3.01. The molecule has 0 saturated heterocycles. The van der Waals surface area contributed by atoms with Crippen LogP contribution in [0.25, 0.3) is 10.9 Å². The summed E-state index contributed by atoms with van der Waals surface area (Å²) < 4.78 is 1.98. The Morgan fingerprint density at radius 3 is 2.71 bits per heavy atom. The summed E-state index contributed by atoms with van der Waals surface area (Å²) in [5.74, 6) is 0. The molecule has 0 saturated carbocycles. The molecular formula is C9H7BrIN3. The van der Waals surface area contributed by atoms with E-state index in [1.165, 1.54) is 0 Å². The molecule has 4 N–H and O–H groups in total. The molecule has 0 aliphatic rings. The summed E-state index contributed by atoms with van der Waals surface area (Å²) in [5, 5.41) is 0.917. The van der Waals surface area contributed by atoms with Crippen molar-refractivity contribution in [2.45, 2.75) is 0 Å². The smallest absolute Gasteiger partial charge is 0.0877 e. The second-order valence-electron chi connectivity index (χ2n) is 2.88. The molecule has 0 aliphatic heterocycles. The molecular weight excluding hydrogens is 357 g/mol. The fraction of sp³-hybridized carbons (Fsp3) is 0. The molecule has 0 bridgehead atoms. The minimum absolute atomic E-state index is 0.522. The minimum Gasteiger partial charge on any atom is -0.396 e. The van der Waals surface area contributed by atoms with Crippen LogP contribution in [0.2, 0.25) is 0 Å². The van der Waals surface area contributed by atoms with E-state index in [0.29, 0.717) is 11.4 Å². The van der Waals surface area contributed by atoms with Gasteiger partial charge in [-0.3, -0.25) is 4.98 Å². The first kappa shape index (κ1) is 9.97. The number of hydrogen-bond donors (Lipinski definition) is 2. The maximum Gasteiger partial charge on any atom is 0.0877 e. The van der Waals surface area contributed by atoms with E-state index in [2.05, 4.69) is 43.5 Å². The van der Waals surface area contributed by atoms with Gasteiger partial charge in [-0.2, -0.15) is 0 Å². The van der Waals surface area contributed by atoms with Crippen molar-refractivity contribution in [1.29, 1.82) is 0 Å². The van der Waals surface area contributed by atoms with E-state index >= 15 is 0 Å². The van der Waals surface area contributed by atoms with Crippen LogP contribution >= 0.6 is 38.5 Å². The zero-order valence-corrected chi connectivity index (χ0v) is 10.8. The molecule has 1 aromatic carbocycles. The average molecular weight is 364 g/mol. The molecule has 0 unspecified atom stereocenters. The van der Waals surface area contributed by atoms with Gasteiger partial charge in [-0.05, 0) is 50.7 Å². The predicted molar refractivity (Wildman–Crippen MR) is 71.0 cm³/mol. The molecule has 1 aromatic heterocycles. The molecule has 2 aromatic rings. The van der Waals surface area contributed by atoms with E-state index in [9.17, 15) is 0 Å². The third kappa shape index (κ3) is 1.44. The van der Waals surface area contributed by atoms with Crippen molar-refractivity contribution in [3.05, 3.63) is 26.4 Å². The van der Waals surface area contributed by atoms with Crippen LogP contribution in [0.5, 0.6) is 0 Å². The summed E-state index contributed by atoms with van der Waals surface area (Å²) in [7, 11) is 0. The molecule has 3 nitrogen and oxygen atoms in total. The highest BCUT2D eigenvalue weighted by molar-refractivity contribution is 14.1. The number of aromatic nitrogens is 1. The Bertz CT molecular complexity index is 513. The molecule has 0 radical (unpaired) electrons. The van der Waals surface area contributed by atoms with Crippen LogP contribution in [0.3, 0.4) is 0 Å². The Kier molecular flexibility index (Phi) is 2.52. The molecule has 0 atom stereocenters. The van der Waals surface area contributed by atoms with Crippen LogP contribution in [0.1, 0.15) is 0 Å². The molecule has 0 amide bonds. The highest BCUT2D eigenvalue weighted by Crippen LogP contribution is 2.32. The number of benzene rings is 1. The van der Waals surface area contributed by atoms with Gasteiger partial charge < -0.3 is 11.5 Å². The quantitative estimate of drug-likeness (QED) is 0.707. The summed E-state index contributed by atoms with van der Waals surface area (Å²) in [4.78, 5) is 4.25. The lowest BCUT2D eigenvalue weighted by Crippen LogP contribution is -1.98. The van der Waals surface area contributed by atoms with Gasteiger partial charge in [0.2, 0.25) is 0 Å². The lowest BCUT2D eigenvalue weighted by atomic mass is 10.2. The Morgan fingerprint density at radius 1 is 1.29 bits per heavy atom. The number of nitrogen functional groups attached to an aromatic ring is 2. The van der Waals surface area contributed by atoms with Crippen LogP contribution in [-0.2, 0) is 0 Å². The molecule has 0 fully saturated rings. The molecule has 5 heteroatoms. The first-order chi connectivity index (χ1) is 6.61. The average Bonchev–Trinajstić information content (AvgIpc) is 2.16. The van der Waals surface area contributed by atoms with Crippen LogP contribution in [0.15, 0.2) is 22.8 Å². The first-order valence-electron chi connectivity index (χ1n) is 3.89. The van der Waals surface area contributed by atoms with Gasteiger partial charge in [0.15, 0.2) is 0 Å². The third-order valence-electron chi connectivity index (χ3n) is 1.99. The van der Waals surface area contributed by atoms with E-state index in [0.717, 1.165) is 18.9 Å². The monoisotopic (exact) mass is 363 g/mol. The number of pyridine rings is 1. The fourth-order valence-corrected chi connectivity index (χ4v) is 2.43. The fourth-order valence-electron chi connectivity index (χ4n) is 1.27.